The molecule has 194 valence electrons. The standard InChI is InChI=1S/C28H31N3O6/c1-17-11-24(36-16-23(33)15-32)12-18(2)26(17)25-6-4-5-21(19(25)3)13-29-22-9-7-20(8-10-22)14-31-27(34)30-28(35)37-31/h4-12,23,29,32-33H,13-16H2,1-3H3,(H,30,34,35)/t23-/m1/s1. The van der Waals surface area contributed by atoms with Gasteiger partial charge >= 0.3 is 11.4 Å². The summed E-state index contributed by atoms with van der Waals surface area (Å²) in [6.45, 7) is 6.68. The molecule has 4 aromatic rings. The number of aliphatic hydroxyl groups is 2. The molecule has 0 bridgehead atoms. The highest BCUT2D eigenvalue weighted by molar-refractivity contribution is 5.75. The highest BCUT2D eigenvalue weighted by atomic mass is 16.5. The van der Waals surface area contributed by atoms with Crippen LogP contribution in [0.5, 0.6) is 5.75 Å². The molecule has 0 fully saturated rings. The van der Waals surface area contributed by atoms with Crippen molar-refractivity contribution in [2.24, 2.45) is 0 Å². The maximum absolute atomic E-state index is 11.6. The van der Waals surface area contributed by atoms with E-state index in [1.54, 1.807) is 0 Å². The number of aliphatic hydroxyl groups excluding tert-OH is 2. The third kappa shape index (κ3) is 6.19. The molecule has 0 unspecified atom stereocenters. The van der Waals surface area contributed by atoms with Gasteiger partial charge in [-0.25, -0.2) is 14.6 Å². The van der Waals surface area contributed by atoms with Gasteiger partial charge in [0.1, 0.15) is 18.5 Å². The first-order chi connectivity index (χ1) is 17.7. The molecule has 0 saturated heterocycles. The number of nitrogens with zero attached hydrogens (tertiary/aromatic N) is 1. The third-order valence-electron chi connectivity index (χ3n) is 6.27. The van der Waals surface area contributed by atoms with Crippen LogP contribution in [0, 0.1) is 20.8 Å². The van der Waals surface area contributed by atoms with E-state index in [4.69, 9.17) is 14.4 Å². The summed E-state index contributed by atoms with van der Waals surface area (Å²) >= 11 is 0. The molecule has 1 atom stereocenters. The van der Waals surface area contributed by atoms with Gasteiger partial charge in [0.2, 0.25) is 0 Å². The zero-order valence-corrected chi connectivity index (χ0v) is 21.1. The van der Waals surface area contributed by atoms with Crippen molar-refractivity contribution < 1.29 is 19.5 Å². The van der Waals surface area contributed by atoms with Crippen LogP contribution < -0.4 is 21.5 Å². The number of ether oxygens (including phenoxy) is 1. The normalized spacial score (nSPS) is 11.9. The van der Waals surface area contributed by atoms with Crippen molar-refractivity contribution in [1.82, 2.24) is 9.72 Å². The first kappa shape index (κ1) is 26.0. The van der Waals surface area contributed by atoms with Gasteiger partial charge in [-0.05, 0) is 84.0 Å². The van der Waals surface area contributed by atoms with Gasteiger partial charge in [0, 0.05) is 12.2 Å². The number of hydrogen-bond donors (Lipinski definition) is 4. The zero-order valence-electron chi connectivity index (χ0n) is 21.1. The summed E-state index contributed by atoms with van der Waals surface area (Å²) < 4.78 is 11.4. The molecule has 0 aliphatic heterocycles. The second-order valence-electron chi connectivity index (χ2n) is 9.07. The topological polar surface area (TPSA) is 130 Å². The largest absolute Gasteiger partial charge is 0.491 e. The average molecular weight is 506 g/mol. The van der Waals surface area contributed by atoms with E-state index < -0.39 is 17.5 Å². The predicted molar refractivity (Wildman–Crippen MR) is 141 cm³/mol. The fraction of sp³-hybridized carbons (Fsp3) is 0.286. The highest BCUT2D eigenvalue weighted by Gasteiger charge is 2.14. The van der Waals surface area contributed by atoms with Crippen molar-refractivity contribution in [3.05, 3.63) is 103 Å². The highest BCUT2D eigenvalue weighted by Crippen LogP contribution is 2.34. The van der Waals surface area contributed by atoms with E-state index >= 15 is 0 Å². The van der Waals surface area contributed by atoms with Gasteiger partial charge in [-0.2, -0.15) is 0 Å². The summed E-state index contributed by atoms with van der Waals surface area (Å²) in [5, 5.41) is 22.0. The smallest absolute Gasteiger partial charge is 0.440 e. The Labute approximate surface area is 213 Å². The van der Waals surface area contributed by atoms with Gasteiger partial charge < -0.3 is 24.8 Å². The summed E-state index contributed by atoms with van der Waals surface area (Å²) in [5.41, 5.74) is 7.93. The molecule has 9 heteroatoms. The Morgan fingerprint density at radius 2 is 1.76 bits per heavy atom. The van der Waals surface area contributed by atoms with Gasteiger partial charge in [-0.1, -0.05) is 30.3 Å². The minimum absolute atomic E-state index is 0.0386. The van der Waals surface area contributed by atoms with Crippen LogP contribution in [-0.2, 0) is 13.1 Å². The number of H-pyrrole nitrogens is 1. The number of aromatic amines is 1. The lowest BCUT2D eigenvalue weighted by Crippen LogP contribution is -2.21. The summed E-state index contributed by atoms with van der Waals surface area (Å²) in [6.07, 6.45) is -0.908. The molecule has 9 nitrogen and oxygen atoms in total. The third-order valence-corrected chi connectivity index (χ3v) is 6.27. The van der Waals surface area contributed by atoms with Crippen LogP contribution in [-0.4, -0.2) is 39.3 Å². The summed E-state index contributed by atoms with van der Waals surface area (Å²) in [6, 6.07) is 17.7. The Morgan fingerprint density at radius 1 is 1.05 bits per heavy atom. The lowest BCUT2D eigenvalue weighted by molar-refractivity contribution is 0.0536. The van der Waals surface area contributed by atoms with E-state index in [-0.39, 0.29) is 19.8 Å². The van der Waals surface area contributed by atoms with Crippen molar-refractivity contribution >= 4 is 5.69 Å². The molecule has 37 heavy (non-hydrogen) atoms. The summed E-state index contributed by atoms with van der Waals surface area (Å²) in [4.78, 5) is 24.9. The van der Waals surface area contributed by atoms with Gasteiger partial charge in [-0.3, -0.25) is 0 Å². The first-order valence-corrected chi connectivity index (χ1v) is 12.0. The van der Waals surface area contributed by atoms with Crippen LogP contribution in [0.1, 0.15) is 27.8 Å². The molecule has 0 spiro atoms. The summed E-state index contributed by atoms with van der Waals surface area (Å²) in [7, 11) is 0. The first-order valence-electron chi connectivity index (χ1n) is 12.0. The van der Waals surface area contributed by atoms with Gasteiger partial charge in [-0.15, -0.1) is 4.74 Å². The number of benzene rings is 3. The average Bonchev–Trinajstić information content (AvgIpc) is 3.19. The maximum atomic E-state index is 11.6. The van der Waals surface area contributed by atoms with E-state index in [2.05, 4.69) is 29.4 Å². The zero-order chi connectivity index (χ0) is 26.5. The van der Waals surface area contributed by atoms with E-state index in [1.165, 1.54) is 5.56 Å². The Balaban J connectivity index is 1.47. The number of hydrogen-bond acceptors (Lipinski definition) is 7. The number of nitrogens with one attached hydrogen (secondary N) is 2. The SMILES string of the molecule is Cc1cc(OC[C@H](O)CO)cc(C)c1-c1cccc(CNc2ccc(Cn3oc(=O)[nH]c3=O)cc2)c1C. The van der Waals surface area contributed by atoms with Crippen LogP contribution in [0.2, 0.25) is 0 Å². The molecule has 0 saturated carbocycles. The molecule has 0 radical (unpaired) electrons. The molecular formula is C28H31N3O6. The Bertz CT molecular complexity index is 1460. The Morgan fingerprint density at radius 3 is 2.38 bits per heavy atom. The van der Waals surface area contributed by atoms with Crippen molar-refractivity contribution in [1.29, 1.82) is 0 Å². The molecule has 4 N–H and O–H groups in total. The predicted octanol–water partition coefficient (Wildman–Crippen LogP) is 3.11. The lowest BCUT2D eigenvalue weighted by Gasteiger charge is -2.18. The number of aromatic nitrogens is 2. The second-order valence-corrected chi connectivity index (χ2v) is 9.07. The van der Waals surface area contributed by atoms with Crippen molar-refractivity contribution in [3.63, 3.8) is 0 Å². The van der Waals surface area contributed by atoms with Crippen LogP contribution in [0.15, 0.2) is 68.7 Å². The van der Waals surface area contributed by atoms with E-state index in [1.807, 2.05) is 56.3 Å². The molecule has 1 aromatic heterocycles. The quantitative estimate of drug-likeness (QED) is 0.261. The van der Waals surface area contributed by atoms with Crippen LogP contribution in [0.4, 0.5) is 5.69 Å². The van der Waals surface area contributed by atoms with Gasteiger partial charge in [0.05, 0.1) is 13.2 Å². The number of rotatable bonds is 10. The van der Waals surface area contributed by atoms with Gasteiger partial charge in [0.25, 0.3) is 0 Å². The van der Waals surface area contributed by atoms with E-state index in [0.29, 0.717) is 12.3 Å². The Kier molecular flexibility index (Phi) is 7.95. The fourth-order valence-electron chi connectivity index (χ4n) is 4.33. The Hall–Kier alpha value is -4.08. The van der Waals surface area contributed by atoms with E-state index in [0.717, 1.165) is 43.8 Å². The van der Waals surface area contributed by atoms with E-state index in [9.17, 15) is 14.7 Å². The van der Waals surface area contributed by atoms with Crippen molar-refractivity contribution in [2.75, 3.05) is 18.5 Å². The number of aryl methyl sites for hydroxylation is 2. The van der Waals surface area contributed by atoms with Gasteiger partial charge in [0.15, 0.2) is 0 Å². The molecule has 0 amide bonds. The maximum Gasteiger partial charge on any atom is 0.440 e. The molecule has 0 aliphatic rings. The molecular weight excluding hydrogens is 474 g/mol. The summed E-state index contributed by atoms with van der Waals surface area (Å²) in [5.74, 6) is -0.109. The molecule has 4 rings (SSSR count). The second kappa shape index (κ2) is 11.3. The van der Waals surface area contributed by atoms with Crippen LogP contribution in [0.3, 0.4) is 0 Å². The minimum atomic E-state index is -0.908. The van der Waals surface area contributed by atoms with Crippen LogP contribution in [0.25, 0.3) is 11.1 Å². The fourth-order valence-corrected chi connectivity index (χ4v) is 4.33. The monoisotopic (exact) mass is 505 g/mol. The lowest BCUT2D eigenvalue weighted by atomic mass is 9.90. The van der Waals surface area contributed by atoms with Crippen molar-refractivity contribution in [3.8, 4) is 16.9 Å². The number of anilines is 1. The van der Waals surface area contributed by atoms with Crippen molar-refractivity contribution in [2.45, 2.75) is 40.0 Å². The molecule has 1 heterocycles. The minimum Gasteiger partial charge on any atom is -0.491 e. The molecule has 3 aromatic carbocycles. The molecule has 0 aliphatic carbocycles. The van der Waals surface area contributed by atoms with Crippen LogP contribution >= 0.6 is 0 Å².